The summed E-state index contributed by atoms with van der Waals surface area (Å²) in [5.74, 6) is 0.229. The lowest BCUT2D eigenvalue weighted by molar-refractivity contribution is -0.118. The van der Waals surface area contributed by atoms with E-state index in [2.05, 4.69) is 10.6 Å². The summed E-state index contributed by atoms with van der Waals surface area (Å²) in [4.78, 5) is 35.1. The third kappa shape index (κ3) is 3.73. The van der Waals surface area contributed by atoms with Gasteiger partial charge in [0.25, 0.3) is 5.91 Å². The predicted octanol–water partition coefficient (Wildman–Crippen LogP) is 3.00. The van der Waals surface area contributed by atoms with Gasteiger partial charge in [0, 0.05) is 35.3 Å². The molecular weight excluding hydrogens is 360 g/mol. The molecule has 28 heavy (non-hydrogen) atoms. The summed E-state index contributed by atoms with van der Waals surface area (Å²) in [6, 6.07) is 11.9. The van der Waals surface area contributed by atoms with E-state index in [0.29, 0.717) is 29.9 Å². The maximum absolute atomic E-state index is 12.2. The van der Waals surface area contributed by atoms with Crippen LogP contribution in [-0.4, -0.2) is 18.4 Å². The number of rotatable bonds is 4. The van der Waals surface area contributed by atoms with Gasteiger partial charge in [-0.2, -0.15) is 0 Å². The van der Waals surface area contributed by atoms with Gasteiger partial charge in [-0.3, -0.25) is 9.59 Å². The van der Waals surface area contributed by atoms with Crippen molar-refractivity contribution in [1.82, 2.24) is 0 Å². The molecule has 2 N–H and O–H groups in total. The Bertz CT molecular complexity index is 1150. The summed E-state index contributed by atoms with van der Waals surface area (Å²) in [5.41, 5.74) is 3.08. The van der Waals surface area contributed by atoms with Crippen molar-refractivity contribution in [1.29, 1.82) is 0 Å². The van der Waals surface area contributed by atoms with E-state index in [1.165, 1.54) is 6.07 Å². The summed E-state index contributed by atoms with van der Waals surface area (Å²) >= 11 is 0. The molecule has 0 saturated heterocycles. The topological polar surface area (TPSA) is 97.6 Å². The van der Waals surface area contributed by atoms with E-state index in [9.17, 15) is 14.4 Å². The zero-order chi connectivity index (χ0) is 19.7. The summed E-state index contributed by atoms with van der Waals surface area (Å²) in [7, 11) is 0. The number of carbonyl (C=O) groups is 2. The molecule has 0 fully saturated rings. The van der Waals surface area contributed by atoms with Crippen LogP contribution < -0.4 is 21.0 Å². The van der Waals surface area contributed by atoms with Crippen LogP contribution in [0.5, 0.6) is 5.75 Å². The van der Waals surface area contributed by atoms with E-state index in [1.807, 2.05) is 13.0 Å². The monoisotopic (exact) mass is 378 g/mol. The minimum atomic E-state index is -0.430. The first kappa shape index (κ1) is 17.8. The average molecular weight is 378 g/mol. The SMILES string of the molecule is Cc1cc(=O)oc2cc(NC(=O)COc3ccc4c(c3)CCC(=O)N4)ccc12. The molecule has 0 aliphatic carbocycles. The lowest BCUT2D eigenvalue weighted by Crippen LogP contribution is -2.21. The van der Waals surface area contributed by atoms with Crippen molar-refractivity contribution in [2.45, 2.75) is 19.8 Å². The van der Waals surface area contributed by atoms with Gasteiger partial charge in [-0.05, 0) is 54.8 Å². The quantitative estimate of drug-likeness (QED) is 0.680. The van der Waals surface area contributed by atoms with Crippen LogP contribution >= 0.6 is 0 Å². The van der Waals surface area contributed by atoms with Crippen LogP contribution in [-0.2, 0) is 16.0 Å². The summed E-state index contributed by atoms with van der Waals surface area (Å²) < 4.78 is 10.7. The number of benzene rings is 2. The first-order chi connectivity index (χ1) is 13.5. The van der Waals surface area contributed by atoms with E-state index < -0.39 is 5.63 Å². The maximum Gasteiger partial charge on any atom is 0.336 e. The van der Waals surface area contributed by atoms with Crippen LogP contribution in [0.3, 0.4) is 0 Å². The van der Waals surface area contributed by atoms with E-state index in [4.69, 9.17) is 9.15 Å². The van der Waals surface area contributed by atoms with Crippen LogP contribution in [0.15, 0.2) is 51.7 Å². The van der Waals surface area contributed by atoms with Gasteiger partial charge in [0.1, 0.15) is 11.3 Å². The number of hydrogen-bond acceptors (Lipinski definition) is 5. The van der Waals surface area contributed by atoms with Gasteiger partial charge < -0.3 is 19.8 Å². The molecule has 2 amide bonds. The fourth-order valence-electron chi connectivity index (χ4n) is 3.20. The number of anilines is 2. The summed E-state index contributed by atoms with van der Waals surface area (Å²) in [5, 5.41) is 6.35. The molecule has 0 spiro atoms. The summed E-state index contributed by atoms with van der Waals surface area (Å²) in [6.07, 6.45) is 1.08. The lowest BCUT2D eigenvalue weighted by atomic mass is 10.0. The third-order valence-electron chi connectivity index (χ3n) is 4.58. The van der Waals surface area contributed by atoms with Crippen LogP contribution in [0, 0.1) is 6.92 Å². The number of amides is 2. The molecule has 7 nitrogen and oxygen atoms in total. The molecular formula is C21H18N2O5. The number of fused-ring (bicyclic) bond motifs is 2. The molecule has 0 atom stereocenters. The highest BCUT2D eigenvalue weighted by Crippen LogP contribution is 2.27. The van der Waals surface area contributed by atoms with Crippen LogP contribution in [0.4, 0.5) is 11.4 Å². The molecule has 3 aromatic rings. The molecule has 1 aliphatic heterocycles. The second-order valence-corrected chi connectivity index (χ2v) is 6.66. The zero-order valence-corrected chi connectivity index (χ0v) is 15.2. The molecule has 2 heterocycles. The zero-order valence-electron chi connectivity index (χ0n) is 15.2. The van der Waals surface area contributed by atoms with Crippen molar-refractivity contribution < 1.29 is 18.7 Å². The highest BCUT2D eigenvalue weighted by atomic mass is 16.5. The van der Waals surface area contributed by atoms with Gasteiger partial charge in [0.2, 0.25) is 5.91 Å². The van der Waals surface area contributed by atoms with Crippen molar-refractivity contribution in [3.63, 3.8) is 0 Å². The molecule has 1 aliphatic rings. The second-order valence-electron chi connectivity index (χ2n) is 6.66. The largest absolute Gasteiger partial charge is 0.484 e. The summed E-state index contributed by atoms with van der Waals surface area (Å²) in [6.45, 7) is 1.66. The van der Waals surface area contributed by atoms with Crippen LogP contribution in [0.2, 0.25) is 0 Å². The van der Waals surface area contributed by atoms with E-state index in [0.717, 1.165) is 22.2 Å². The van der Waals surface area contributed by atoms with E-state index >= 15 is 0 Å². The molecule has 0 unspecified atom stereocenters. The Morgan fingerprint density at radius 3 is 2.86 bits per heavy atom. The standard InChI is InChI=1S/C21H18N2O5/c1-12-8-21(26)28-18-10-14(3-5-16(12)18)22-20(25)11-27-15-4-6-17-13(9-15)2-7-19(24)23-17/h3-6,8-10H,2,7,11H2,1H3,(H,22,25)(H,23,24). The molecule has 2 aromatic carbocycles. The molecule has 0 saturated carbocycles. The number of nitrogens with one attached hydrogen (secondary N) is 2. The van der Waals surface area contributed by atoms with Crippen molar-refractivity contribution in [2.75, 3.05) is 17.2 Å². The lowest BCUT2D eigenvalue weighted by Gasteiger charge is -2.17. The molecule has 142 valence electrons. The molecule has 1 aromatic heterocycles. The van der Waals surface area contributed by atoms with Crippen molar-refractivity contribution in [3.8, 4) is 5.75 Å². The Morgan fingerprint density at radius 1 is 1.14 bits per heavy atom. The first-order valence-electron chi connectivity index (χ1n) is 8.88. The smallest absolute Gasteiger partial charge is 0.336 e. The van der Waals surface area contributed by atoms with Gasteiger partial charge >= 0.3 is 5.63 Å². The Balaban J connectivity index is 1.41. The minimum absolute atomic E-state index is 0.00181. The van der Waals surface area contributed by atoms with Crippen LogP contribution in [0.1, 0.15) is 17.5 Å². The predicted molar refractivity (Wildman–Crippen MR) is 105 cm³/mol. The van der Waals surface area contributed by atoms with Gasteiger partial charge in [-0.1, -0.05) is 0 Å². The van der Waals surface area contributed by atoms with Crippen LogP contribution in [0.25, 0.3) is 11.0 Å². The Morgan fingerprint density at radius 2 is 2.00 bits per heavy atom. The van der Waals surface area contributed by atoms with Crippen molar-refractivity contribution >= 4 is 34.2 Å². The highest BCUT2D eigenvalue weighted by Gasteiger charge is 2.15. The highest BCUT2D eigenvalue weighted by molar-refractivity contribution is 5.95. The second kappa shape index (κ2) is 7.19. The number of aryl methyl sites for hydroxylation is 2. The Kier molecular flexibility index (Phi) is 4.57. The number of hydrogen-bond donors (Lipinski definition) is 2. The van der Waals surface area contributed by atoms with Crippen molar-refractivity contribution in [2.24, 2.45) is 0 Å². The third-order valence-corrected chi connectivity index (χ3v) is 4.58. The van der Waals surface area contributed by atoms with Crippen molar-refractivity contribution in [3.05, 3.63) is 64.0 Å². The first-order valence-corrected chi connectivity index (χ1v) is 8.88. The van der Waals surface area contributed by atoms with Gasteiger partial charge in [0.15, 0.2) is 6.61 Å². The molecule has 7 heteroatoms. The van der Waals surface area contributed by atoms with E-state index in [1.54, 1.807) is 30.3 Å². The van der Waals surface area contributed by atoms with Gasteiger partial charge in [-0.15, -0.1) is 0 Å². The fourth-order valence-corrected chi connectivity index (χ4v) is 3.20. The molecule has 0 bridgehead atoms. The number of carbonyl (C=O) groups excluding carboxylic acids is 2. The van der Waals surface area contributed by atoms with Gasteiger partial charge in [-0.25, -0.2) is 4.79 Å². The number of ether oxygens (including phenoxy) is 1. The average Bonchev–Trinajstić information content (AvgIpc) is 2.66. The Hall–Kier alpha value is -3.61. The van der Waals surface area contributed by atoms with E-state index in [-0.39, 0.29) is 18.4 Å². The molecule has 4 rings (SSSR count). The Labute approximate surface area is 160 Å². The normalized spacial score (nSPS) is 13.0. The molecule has 0 radical (unpaired) electrons. The fraction of sp³-hybridized carbons (Fsp3) is 0.190. The minimum Gasteiger partial charge on any atom is -0.484 e. The maximum atomic E-state index is 12.2. The van der Waals surface area contributed by atoms with Gasteiger partial charge in [0.05, 0.1) is 0 Å².